The Hall–Kier alpha value is -1.09. The van der Waals surface area contributed by atoms with Crippen LogP contribution in [0.1, 0.15) is 5.56 Å². The second-order valence-corrected chi connectivity index (χ2v) is 2.86. The molecule has 12 heavy (non-hydrogen) atoms. The molecule has 2 aromatic rings. The van der Waals surface area contributed by atoms with Gasteiger partial charge in [0, 0.05) is 6.07 Å². The first-order valence-electron chi connectivity index (χ1n) is 3.39. The largest absolute Gasteiger partial charge is 0.428 e. The topological polar surface area (TPSA) is 26.0 Å². The molecular formula is C8H5ClFNO. The minimum Gasteiger partial charge on any atom is -0.428 e. The van der Waals surface area contributed by atoms with Crippen molar-refractivity contribution in [1.29, 1.82) is 0 Å². The summed E-state index contributed by atoms with van der Waals surface area (Å²) in [7, 11) is 0. The van der Waals surface area contributed by atoms with E-state index >= 15 is 0 Å². The van der Waals surface area contributed by atoms with E-state index in [1.165, 1.54) is 6.07 Å². The number of benzene rings is 1. The molecule has 2 rings (SSSR count). The standard InChI is InChI=1S/C8H5ClFNO/c1-4-2-7-6(3-5(4)10)11-8(9)12-7/h2-3H,1H3. The summed E-state index contributed by atoms with van der Waals surface area (Å²) in [5.41, 5.74) is 1.48. The Morgan fingerprint density at radius 3 is 3.00 bits per heavy atom. The second kappa shape index (κ2) is 2.45. The van der Waals surface area contributed by atoms with Crippen molar-refractivity contribution >= 4 is 22.7 Å². The molecule has 0 unspecified atom stereocenters. The van der Waals surface area contributed by atoms with Gasteiger partial charge in [-0.2, -0.15) is 4.98 Å². The molecule has 0 bridgehead atoms. The van der Waals surface area contributed by atoms with E-state index in [2.05, 4.69) is 4.98 Å². The summed E-state index contributed by atoms with van der Waals surface area (Å²) in [5.74, 6) is -0.299. The number of oxazole rings is 1. The number of fused-ring (bicyclic) bond motifs is 1. The molecule has 0 aliphatic rings. The van der Waals surface area contributed by atoms with Crippen molar-refractivity contribution in [2.45, 2.75) is 6.92 Å². The van der Waals surface area contributed by atoms with Crippen molar-refractivity contribution < 1.29 is 8.81 Å². The molecule has 0 N–H and O–H groups in total. The lowest BCUT2D eigenvalue weighted by atomic mass is 10.2. The first-order valence-corrected chi connectivity index (χ1v) is 3.77. The summed E-state index contributed by atoms with van der Waals surface area (Å²) >= 11 is 5.49. The average Bonchev–Trinajstić information content (AvgIpc) is 2.30. The van der Waals surface area contributed by atoms with Crippen LogP contribution in [-0.4, -0.2) is 4.98 Å². The number of aromatic nitrogens is 1. The number of nitrogens with zero attached hydrogens (tertiary/aromatic N) is 1. The van der Waals surface area contributed by atoms with E-state index in [4.69, 9.17) is 16.0 Å². The van der Waals surface area contributed by atoms with Crippen LogP contribution in [0.2, 0.25) is 5.35 Å². The van der Waals surface area contributed by atoms with Gasteiger partial charge in [-0.1, -0.05) is 0 Å². The van der Waals surface area contributed by atoms with E-state index in [1.807, 2.05) is 0 Å². The molecule has 0 radical (unpaired) electrons. The van der Waals surface area contributed by atoms with Gasteiger partial charge in [0.15, 0.2) is 5.58 Å². The van der Waals surface area contributed by atoms with Gasteiger partial charge in [0.2, 0.25) is 0 Å². The first kappa shape index (κ1) is 7.55. The van der Waals surface area contributed by atoms with Gasteiger partial charge in [-0.3, -0.25) is 0 Å². The predicted octanol–water partition coefficient (Wildman–Crippen LogP) is 2.93. The van der Waals surface area contributed by atoms with Crippen molar-refractivity contribution in [3.05, 3.63) is 28.9 Å². The van der Waals surface area contributed by atoms with Crippen LogP contribution >= 0.6 is 11.6 Å². The minimum absolute atomic E-state index is 0.0370. The van der Waals surface area contributed by atoms with Crippen molar-refractivity contribution in [2.24, 2.45) is 0 Å². The molecule has 2 nitrogen and oxygen atoms in total. The Kier molecular flexibility index (Phi) is 1.54. The Bertz CT molecular complexity index is 399. The van der Waals surface area contributed by atoms with Crippen LogP contribution in [0.4, 0.5) is 4.39 Å². The lowest BCUT2D eigenvalue weighted by molar-refractivity contribution is 0.599. The summed E-state index contributed by atoms with van der Waals surface area (Å²) in [6.45, 7) is 1.66. The lowest BCUT2D eigenvalue weighted by Gasteiger charge is -1.92. The van der Waals surface area contributed by atoms with E-state index in [9.17, 15) is 4.39 Å². The quantitative estimate of drug-likeness (QED) is 0.631. The Morgan fingerprint density at radius 2 is 2.25 bits per heavy atom. The van der Waals surface area contributed by atoms with E-state index in [1.54, 1.807) is 13.0 Å². The lowest BCUT2D eigenvalue weighted by Crippen LogP contribution is -1.80. The van der Waals surface area contributed by atoms with Gasteiger partial charge in [-0.05, 0) is 30.2 Å². The number of hydrogen-bond donors (Lipinski definition) is 0. The van der Waals surface area contributed by atoms with Gasteiger partial charge in [-0.25, -0.2) is 4.39 Å². The highest BCUT2D eigenvalue weighted by atomic mass is 35.5. The zero-order valence-electron chi connectivity index (χ0n) is 6.27. The third kappa shape index (κ3) is 1.06. The van der Waals surface area contributed by atoms with Crippen LogP contribution in [0.25, 0.3) is 11.1 Å². The molecular weight excluding hydrogens is 181 g/mol. The highest BCUT2D eigenvalue weighted by Crippen LogP contribution is 2.21. The van der Waals surface area contributed by atoms with Crippen LogP contribution in [0, 0.1) is 12.7 Å². The molecule has 1 aromatic heterocycles. The average molecular weight is 186 g/mol. The number of aryl methyl sites for hydroxylation is 1. The van der Waals surface area contributed by atoms with Crippen LogP contribution in [0.15, 0.2) is 16.5 Å². The first-order chi connectivity index (χ1) is 5.66. The van der Waals surface area contributed by atoms with Crippen molar-refractivity contribution in [1.82, 2.24) is 4.98 Å². The van der Waals surface area contributed by atoms with Crippen molar-refractivity contribution in [3.63, 3.8) is 0 Å². The summed E-state index contributed by atoms with van der Waals surface area (Å²) in [6.07, 6.45) is 0. The molecule has 0 fully saturated rings. The summed E-state index contributed by atoms with van der Waals surface area (Å²) in [4.78, 5) is 3.77. The SMILES string of the molecule is Cc1cc2oc(Cl)nc2cc1F. The highest BCUT2D eigenvalue weighted by molar-refractivity contribution is 6.28. The van der Waals surface area contributed by atoms with E-state index in [-0.39, 0.29) is 11.2 Å². The van der Waals surface area contributed by atoms with Gasteiger partial charge in [-0.15, -0.1) is 0 Å². The van der Waals surface area contributed by atoms with Crippen LogP contribution < -0.4 is 0 Å². The summed E-state index contributed by atoms with van der Waals surface area (Å²) < 4.78 is 17.9. The maximum Gasteiger partial charge on any atom is 0.293 e. The zero-order chi connectivity index (χ0) is 8.72. The molecule has 0 aliphatic heterocycles. The summed E-state index contributed by atoms with van der Waals surface area (Å²) in [5, 5.41) is 0.0370. The fraction of sp³-hybridized carbons (Fsp3) is 0.125. The van der Waals surface area contributed by atoms with Gasteiger partial charge >= 0.3 is 0 Å². The Labute approximate surface area is 73.0 Å². The smallest absolute Gasteiger partial charge is 0.293 e. The molecule has 0 saturated carbocycles. The third-order valence-electron chi connectivity index (χ3n) is 1.64. The maximum absolute atomic E-state index is 12.9. The molecule has 1 heterocycles. The Morgan fingerprint density at radius 1 is 1.50 bits per heavy atom. The molecule has 0 saturated heterocycles. The normalized spacial score (nSPS) is 10.9. The molecule has 62 valence electrons. The Balaban J connectivity index is 2.83. The highest BCUT2D eigenvalue weighted by Gasteiger charge is 2.06. The fourth-order valence-electron chi connectivity index (χ4n) is 1.02. The van der Waals surface area contributed by atoms with E-state index in [0.717, 1.165) is 0 Å². The number of rotatable bonds is 0. The van der Waals surface area contributed by atoms with Gasteiger partial charge in [0.05, 0.1) is 0 Å². The molecule has 0 atom stereocenters. The minimum atomic E-state index is -0.299. The van der Waals surface area contributed by atoms with Gasteiger partial charge in [0.25, 0.3) is 5.35 Å². The molecule has 1 aromatic carbocycles. The third-order valence-corrected chi connectivity index (χ3v) is 1.80. The number of halogens is 2. The van der Waals surface area contributed by atoms with Crippen LogP contribution in [0.3, 0.4) is 0 Å². The van der Waals surface area contributed by atoms with Gasteiger partial charge < -0.3 is 4.42 Å². The maximum atomic E-state index is 12.9. The number of hydrogen-bond acceptors (Lipinski definition) is 2. The van der Waals surface area contributed by atoms with Gasteiger partial charge in [0.1, 0.15) is 11.3 Å². The second-order valence-electron chi connectivity index (χ2n) is 2.54. The molecule has 0 aliphatic carbocycles. The fourth-order valence-corrected chi connectivity index (χ4v) is 1.20. The van der Waals surface area contributed by atoms with E-state index < -0.39 is 0 Å². The molecule has 0 amide bonds. The monoisotopic (exact) mass is 185 g/mol. The van der Waals surface area contributed by atoms with Crippen LogP contribution in [0.5, 0.6) is 0 Å². The van der Waals surface area contributed by atoms with Crippen molar-refractivity contribution in [3.8, 4) is 0 Å². The molecule has 0 spiro atoms. The van der Waals surface area contributed by atoms with E-state index in [0.29, 0.717) is 16.7 Å². The molecule has 4 heteroatoms. The van der Waals surface area contributed by atoms with Crippen molar-refractivity contribution in [2.75, 3.05) is 0 Å². The summed E-state index contributed by atoms with van der Waals surface area (Å²) in [6, 6.07) is 2.88. The predicted molar refractivity (Wildman–Crippen MR) is 43.7 cm³/mol. The van der Waals surface area contributed by atoms with Crippen LogP contribution in [-0.2, 0) is 0 Å². The zero-order valence-corrected chi connectivity index (χ0v) is 7.02.